The normalized spacial score (nSPS) is 16.2. The molecule has 4 heterocycles. The van der Waals surface area contributed by atoms with E-state index in [0.717, 1.165) is 78.0 Å². The van der Waals surface area contributed by atoms with E-state index in [1.807, 2.05) is 48.7 Å². The number of fused-ring (bicyclic) bond motifs is 1. The molecule has 0 saturated carbocycles. The molecule has 0 aliphatic carbocycles. The SMILES string of the molecule is COc1nc(-c2cccc(-c3cccc(-c4cc5c(cn4)CNC5)c3Cl)c2Cl)ccc1CCC[C@@H]1CCC(=O)N1. The van der Waals surface area contributed by atoms with Gasteiger partial charge in [0.25, 0.3) is 0 Å². The largest absolute Gasteiger partial charge is 0.481 e. The molecule has 8 heteroatoms. The molecule has 40 heavy (non-hydrogen) atoms. The summed E-state index contributed by atoms with van der Waals surface area (Å²) < 4.78 is 5.66. The Hall–Kier alpha value is -3.45. The summed E-state index contributed by atoms with van der Waals surface area (Å²) in [6, 6.07) is 18.3. The standard InChI is InChI=1S/C32H30Cl2N4O2/c1-40-32-19(5-2-6-22-12-14-29(39)37-22)11-13-27(38-32)25-9-3-7-23(30(25)33)24-8-4-10-26(31(24)34)28-15-20-16-35-17-21(20)18-36-28/h3-4,7-11,13,15,18,22,35H,2,5-6,12,14,16-17H2,1H3,(H,37,39)/t22-/m1/s1. The number of benzene rings is 2. The van der Waals surface area contributed by atoms with Gasteiger partial charge in [-0.3, -0.25) is 9.78 Å². The van der Waals surface area contributed by atoms with E-state index in [0.29, 0.717) is 22.3 Å². The Balaban J connectivity index is 1.27. The molecule has 204 valence electrons. The average Bonchev–Trinajstić information content (AvgIpc) is 3.62. The first-order valence-electron chi connectivity index (χ1n) is 13.6. The summed E-state index contributed by atoms with van der Waals surface area (Å²) in [5, 5.41) is 7.58. The second-order valence-electron chi connectivity index (χ2n) is 10.3. The van der Waals surface area contributed by atoms with Crippen LogP contribution in [-0.2, 0) is 24.3 Å². The van der Waals surface area contributed by atoms with Gasteiger partial charge in [0, 0.05) is 59.6 Å². The predicted molar refractivity (Wildman–Crippen MR) is 160 cm³/mol. The van der Waals surface area contributed by atoms with Gasteiger partial charge in [-0.05, 0) is 48.9 Å². The van der Waals surface area contributed by atoms with Gasteiger partial charge in [-0.1, -0.05) is 65.7 Å². The van der Waals surface area contributed by atoms with Crippen molar-refractivity contribution in [1.29, 1.82) is 0 Å². The fourth-order valence-electron chi connectivity index (χ4n) is 5.62. The number of nitrogens with zero attached hydrogens (tertiary/aromatic N) is 2. The van der Waals surface area contributed by atoms with Gasteiger partial charge in [0.05, 0.1) is 28.5 Å². The summed E-state index contributed by atoms with van der Waals surface area (Å²) in [5.41, 5.74) is 8.44. The van der Waals surface area contributed by atoms with Crippen LogP contribution >= 0.6 is 23.2 Å². The molecule has 2 aromatic heterocycles. The van der Waals surface area contributed by atoms with E-state index in [9.17, 15) is 4.79 Å². The molecular weight excluding hydrogens is 543 g/mol. The summed E-state index contributed by atoms with van der Waals surface area (Å²) in [6.07, 6.45) is 6.19. The molecule has 4 aromatic rings. The summed E-state index contributed by atoms with van der Waals surface area (Å²) in [5.74, 6) is 0.741. The van der Waals surface area contributed by atoms with Crippen LogP contribution in [0.5, 0.6) is 5.88 Å². The zero-order chi connectivity index (χ0) is 27.6. The maximum atomic E-state index is 11.5. The van der Waals surface area contributed by atoms with Gasteiger partial charge in [-0.15, -0.1) is 0 Å². The number of hydrogen-bond acceptors (Lipinski definition) is 5. The second kappa shape index (κ2) is 11.6. The highest BCUT2D eigenvalue weighted by Gasteiger charge is 2.21. The minimum Gasteiger partial charge on any atom is -0.481 e. The lowest BCUT2D eigenvalue weighted by molar-refractivity contribution is -0.119. The first-order valence-corrected chi connectivity index (χ1v) is 14.4. The molecule has 0 unspecified atom stereocenters. The summed E-state index contributed by atoms with van der Waals surface area (Å²) >= 11 is 14.0. The third-order valence-corrected chi connectivity index (χ3v) is 8.58. The molecule has 6 rings (SSSR count). The molecule has 0 spiro atoms. The number of aromatic nitrogens is 2. The van der Waals surface area contributed by atoms with Crippen molar-refractivity contribution in [3.63, 3.8) is 0 Å². The highest BCUT2D eigenvalue weighted by molar-refractivity contribution is 6.39. The highest BCUT2D eigenvalue weighted by atomic mass is 35.5. The Kier molecular flexibility index (Phi) is 7.74. The van der Waals surface area contributed by atoms with E-state index in [2.05, 4.69) is 27.8 Å². The maximum absolute atomic E-state index is 11.5. The van der Waals surface area contributed by atoms with Crippen LogP contribution in [0.1, 0.15) is 42.4 Å². The number of amides is 1. The van der Waals surface area contributed by atoms with Gasteiger partial charge in [0.15, 0.2) is 0 Å². The van der Waals surface area contributed by atoms with Crippen LogP contribution in [-0.4, -0.2) is 29.0 Å². The third-order valence-electron chi connectivity index (χ3n) is 7.77. The Bertz CT molecular complexity index is 1590. The second-order valence-corrected chi connectivity index (χ2v) is 11.1. The van der Waals surface area contributed by atoms with Gasteiger partial charge in [-0.25, -0.2) is 4.98 Å². The van der Waals surface area contributed by atoms with Crippen molar-refractivity contribution in [1.82, 2.24) is 20.6 Å². The first kappa shape index (κ1) is 26.8. The number of aryl methyl sites for hydroxylation is 1. The predicted octanol–water partition coefficient (Wildman–Crippen LogP) is 7.00. The number of methoxy groups -OCH3 is 1. The minimum atomic E-state index is 0.151. The van der Waals surface area contributed by atoms with Crippen LogP contribution in [0.15, 0.2) is 60.8 Å². The lowest BCUT2D eigenvalue weighted by atomic mass is 9.97. The van der Waals surface area contributed by atoms with E-state index in [4.69, 9.17) is 32.9 Å². The zero-order valence-electron chi connectivity index (χ0n) is 22.3. The molecule has 1 fully saturated rings. The smallest absolute Gasteiger partial charge is 0.220 e. The molecule has 6 nitrogen and oxygen atoms in total. The molecule has 2 N–H and O–H groups in total. The van der Waals surface area contributed by atoms with E-state index in [1.54, 1.807) is 7.11 Å². The van der Waals surface area contributed by atoms with E-state index in [-0.39, 0.29) is 11.9 Å². The van der Waals surface area contributed by atoms with Gasteiger partial charge >= 0.3 is 0 Å². The van der Waals surface area contributed by atoms with Crippen molar-refractivity contribution in [3.8, 4) is 39.5 Å². The number of carbonyl (C=O) groups is 1. The molecule has 2 aliphatic rings. The van der Waals surface area contributed by atoms with Crippen molar-refractivity contribution in [2.24, 2.45) is 0 Å². The number of ether oxygens (including phenoxy) is 1. The Morgan fingerprint density at radius 3 is 2.33 bits per heavy atom. The number of nitrogens with one attached hydrogen (secondary N) is 2. The number of carbonyl (C=O) groups excluding carboxylic acids is 1. The summed E-state index contributed by atoms with van der Waals surface area (Å²) in [4.78, 5) is 21.0. The number of hydrogen-bond donors (Lipinski definition) is 2. The average molecular weight is 574 g/mol. The monoisotopic (exact) mass is 572 g/mol. The van der Waals surface area contributed by atoms with Crippen molar-refractivity contribution >= 4 is 29.1 Å². The zero-order valence-corrected chi connectivity index (χ0v) is 23.8. The summed E-state index contributed by atoms with van der Waals surface area (Å²) in [7, 11) is 1.64. The Labute approximate surface area is 244 Å². The van der Waals surface area contributed by atoms with Crippen LogP contribution < -0.4 is 15.4 Å². The van der Waals surface area contributed by atoms with E-state index >= 15 is 0 Å². The third kappa shape index (κ3) is 5.31. The quantitative estimate of drug-likeness (QED) is 0.238. The molecule has 0 radical (unpaired) electrons. The topological polar surface area (TPSA) is 76.1 Å². The van der Waals surface area contributed by atoms with Crippen LogP contribution in [0.2, 0.25) is 10.0 Å². The summed E-state index contributed by atoms with van der Waals surface area (Å²) in [6.45, 7) is 1.68. The van der Waals surface area contributed by atoms with Crippen LogP contribution in [0.3, 0.4) is 0 Å². The molecule has 1 atom stereocenters. The number of rotatable bonds is 8. The molecule has 0 bridgehead atoms. The van der Waals surface area contributed by atoms with E-state index in [1.165, 1.54) is 11.1 Å². The van der Waals surface area contributed by atoms with Gasteiger partial charge < -0.3 is 15.4 Å². The van der Waals surface area contributed by atoms with Crippen molar-refractivity contribution < 1.29 is 9.53 Å². The maximum Gasteiger partial charge on any atom is 0.220 e. The fourth-order valence-corrected chi connectivity index (χ4v) is 6.27. The lowest BCUT2D eigenvalue weighted by Crippen LogP contribution is -2.25. The number of pyridine rings is 2. The van der Waals surface area contributed by atoms with Crippen LogP contribution in [0.25, 0.3) is 33.6 Å². The van der Waals surface area contributed by atoms with Crippen molar-refractivity contribution in [2.45, 2.75) is 51.2 Å². The van der Waals surface area contributed by atoms with Gasteiger partial charge in [0.2, 0.25) is 11.8 Å². The lowest BCUT2D eigenvalue weighted by Gasteiger charge is -2.15. The molecule has 1 saturated heterocycles. The molecule has 2 aromatic carbocycles. The Morgan fingerprint density at radius 1 is 0.925 bits per heavy atom. The highest BCUT2D eigenvalue weighted by Crippen LogP contribution is 2.42. The molecule has 2 aliphatic heterocycles. The number of halogens is 2. The van der Waals surface area contributed by atoms with E-state index < -0.39 is 0 Å². The molecule has 1 amide bonds. The molecular formula is C32H30Cl2N4O2. The van der Waals surface area contributed by atoms with Gasteiger partial charge in [-0.2, -0.15) is 0 Å². The van der Waals surface area contributed by atoms with Crippen LogP contribution in [0.4, 0.5) is 0 Å². The van der Waals surface area contributed by atoms with Crippen LogP contribution in [0, 0.1) is 0 Å². The Morgan fingerprint density at radius 2 is 1.62 bits per heavy atom. The first-order chi connectivity index (χ1) is 19.5. The fraction of sp³-hybridized carbons (Fsp3) is 0.281. The van der Waals surface area contributed by atoms with Crippen molar-refractivity contribution in [3.05, 3.63) is 87.5 Å². The van der Waals surface area contributed by atoms with Crippen molar-refractivity contribution in [2.75, 3.05) is 7.11 Å². The minimum absolute atomic E-state index is 0.151. The van der Waals surface area contributed by atoms with Gasteiger partial charge in [0.1, 0.15) is 0 Å².